The molecule has 0 fully saturated rings. The molecule has 2 rings (SSSR count). The number of aryl methyl sites for hydroxylation is 2. The van der Waals surface area contributed by atoms with Crippen LogP contribution in [0.3, 0.4) is 0 Å². The maximum absolute atomic E-state index is 11.0. The molecular formula is C12H14N2O. The molecule has 1 aliphatic heterocycles. The van der Waals surface area contributed by atoms with Crippen LogP contribution in [0.15, 0.2) is 23.2 Å². The van der Waals surface area contributed by atoms with Crippen LogP contribution < -0.4 is 5.32 Å². The number of amides is 1. The van der Waals surface area contributed by atoms with Gasteiger partial charge in [0.1, 0.15) is 12.4 Å². The lowest BCUT2D eigenvalue weighted by molar-refractivity contribution is -0.117. The normalized spacial score (nSPS) is 15.1. The van der Waals surface area contributed by atoms with Crippen molar-refractivity contribution in [1.82, 2.24) is 5.32 Å². The van der Waals surface area contributed by atoms with Crippen LogP contribution in [0.4, 0.5) is 0 Å². The molecule has 0 aromatic heterocycles. The maximum Gasteiger partial charge on any atom is 0.247 e. The molecule has 0 unspecified atom stereocenters. The van der Waals surface area contributed by atoms with Gasteiger partial charge < -0.3 is 5.32 Å². The second-order valence-electron chi connectivity index (χ2n) is 3.98. The number of hydrogen-bond donors (Lipinski definition) is 1. The zero-order valence-corrected chi connectivity index (χ0v) is 9.00. The van der Waals surface area contributed by atoms with Crippen molar-refractivity contribution in [2.24, 2.45) is 4.99 Å². The highest BCUT2D eigenvalue weighted by Gasteiger charge is 2.13. The molecule has 0 spiro atoms. The Labute approximate surface area is 89.2 Å². The van der Waals surface area contributed by atoms with Crippen molar-refractivity contribution in [3.8, 4) is 0 Å². The van der Waals surface area contributed by atoms with E-state index in [4.69, 9.17) is 0 Å². The number of nitrogens with one attached hydrogen (secondary N) is 1. The minimum Gasteiger partial charge on any atom is -0.313 e. The first kappa shape index (κ1) is 9.90. The summed E-state index contributed by atoms with van der Waals surface area (Å²) in [5.74, 6) is 0.777. The lowest BCUT2D eigenvalue weighted by atomic mass is 10.0. The molecular weight excluding hydrogens is 188 g/mol. The predicted octanol–water partition coefficient (Wildman–Crippen LogP) is 1.37. The van der Waals surface area contributed by atoms with Gasteiger partial charge in [-0.2, -0.15) is 0 Å². The van der Waals surface area contributed by atoms with E-state index in [1.54, 1.807) is 0 Å². The monoisotopic (exact) mass is 202 g/mol. The van der Waals surface area contributed by atoms with E-state index in [1.807, 2.05) is 0 Å². The van der Waals surface area contributed by atoms with Crippen LogP contribution in [0.25, 0.3) is 0 Å². The zero-order chi connectivity index (χ0) is 10.8. The average molecular weight is 202 g/mol. The van der Waals surface area contributed by atoms with Gasteiger partial charge in [-0.05, 0) is 19.4 Å². The molecule has 3 heteroatoms. The van der Waals surface area contributed by atoms with Crippen LogP contribution >= 0.6 is 0 Å². The van der Waals surface area contributed by atoms with Crippen LogP contribution in [-0.2, 0) is 11.2 Å². The molecule has 0 bridgehead atoms. The largest absolute Gasteiger partial charge is 0.313 e. The molecule has 0 radical (unpaired) electrons. The van der Waals surface area contributed by atoms with Gasteiger partial charge in [-0.25, -0.2) is 0 Å². The predicted molar refractivity (Wildman–Crippen MR) is 60.1 cm³/mol. The van der Waals surface area contributed by atoms with Gasteiger partial charge in [0.2, 0.25) is 5.91 Å². The fourth-order valence-electron chi connectivity index (χ4n) is 1.87. The molecule has 0 saturated heterocycles. The summed E-state index contributed by atoms with van der Waals surface area (Å²) >= 11 is 0. The Morgan fingerprint density at radius 3 is 2.47 bits per heavy atom. The first-order valence-corrected chi connectivity index (χ1v) is 5.04. The summed E-state index contributed by atoms with van der Waals surface area (Å²) in [5, 5.41) is 2.75. The van der Waals surface area contributed by atoms with E-state index >= 15 is 0 Å². The topological polar surface area (TPSA) is 41.5 Å². The molecule has 1 aliphatic rings. The third kappa shape index (κ3) is 2.43. The molecule has 1 N–H and O–H groups in total. The van der Waals surface area contributed by atoms with Crippen LogP contribution in [0.1, 0.15) is 16.7 Å². The highest BCUT2D eigenvalue weighted by molar-refractivity contribution is 6.04. The number of carbonyl (C=O) groups is 1. The second-order valence-corrected chi connectivity index (χ2v) is 3.98. The minimum atomic E-state index is -0.00521. The number of amidine groups is 1. The Hall–Kier alpha value is -1.64. The summed E-state index contributed by atoms with van der Waals surface area (Å²) in [7, 11) is 0. The first-order chi connectivity index (χ1) is 7.13. The summed E-state index contributed by atoms with van der Waals surface area (Å²) in [5.41, 5.74) is 3.69. The summed E-state index contributed by atoms with van der Waals surface area (Å²) in [6, 6.07) is 6.39. The van der Waals surface area contributed by atoms with Gasteiger partial charge in [0.25, 0.3) is 0 Å². The molecule has 0 saturated carbocycles. The fraction of sp³-hybridized carbons (Fsp3) is 0.333. The molecule has 1 aromatic rings. The van der Waals surface area contributed by atoms with Crippen molar-refractivity contribution in [3.05, 3.63) is 34.9 Å². The molecule has 0 aliphatic carbocycles. The van der Waals surface area contributed by atoms with Crippen LogP contribution in [0, 0.1) is 13.8 Å². The van der Waals surface area contributed by atoms with E-state index in [0.717, 1.165) is 5.84 Å². The maximum atomic E-state index is 11.0. The summed E-state index contributed by atoms with van der Waals surface area (Å²) in [4.78, 5) is 15.1. The van der Waals surface area contributed by atoms with Crippen LogP contribution in [-0.4, -0.2) is 18.3 Å². The molecule has 1 aromatic carbocycles. The highest BCUT2D eigenvalue weighted by atomic mass is 16.2. The fourth-order valence-corrected chi connectivity index (χ4v) is 1.87. The SMILES string of the molecule is Cc1cc(C)cc(CC2=NCC(=O)N2)c1. The van der Waals surface area contributed by atoms with E-state index in [0.29, 0.717) is 6.42 Å². The van der Waals surface area contributed by atoms with E-state index < -0.39 is 0 Å². The van der Waals surface area contributed by atoms with Gasteiger partial charge in [-0.15, -0.1) is 0 Å². The van der Waals surface area contributed by atoms with Crippen molar-refractivity contribution < 1.29 is 4.79 Å². The number of benzene rings is 1. The van der Waals surface area contributed by atoms with Gasteiger partial charge in [0, 0.05) is 6.42 Å². The standard InChI is InChI=1S/C12H14N2O/c1-8-3-9(2)5-10(4-8)6-11-13-7-12(15)14-11/h3-5H,6-7H2,1-2H3,(H,13,14,15). The smallest absolute Gasteiger partial charge is 0.247 e. The quantitative estimate of drug-likeness (QED) is 0.773. The van der Waals surface area contributed by atoms with E-state index in [-0.39, 0.29) is 12.5 Å². The average Bonchev–Trinajstić information content (AvgIpc) is 2.49. The molecule has 0 atom stereocenters. The summed E-state index contributed by atoms with van der Waals surface area (Å²) in [6.45, 7) is 4.43. The first-order valence-electron chi connectivity index (χ1n) is 5.04. The third-order valence-electron chi connectivity index (χ3n) is 2.35. The number of aliphatic imine (C=N–C) groups is 1. The Bertz CT molecular complexity index is 415. The van der Waals surface area contributed by atoms with Gasteiger partial charge in [0.15, 0.2) is 0 Å². The van der Waals surface area contributed by atoms with Gasteiger partial charge in [-0.3, -0.25) is 9.79 Å². The van der Waals surface area contributed by atoms with Gasteiger partial charge >= 0.3 is 0 Å². The molecule has 1 heterocycles. The van der Waals surface area contributed by atoms with Crippen molar-refractivity contribution in [1.29, 1.82) is 0 Å². The van der Waals surface area contributed by atoms with E-state index in [9.17, 15) is 4.79 Å². The summed E-state index contributed by atoms with van der Waals surface area (Å²) < 4.78 is 0. The van der Waals surface area contributed by atoms with Crippen molar-refractivity contribution >= 4 is 11.7 Å². The second kappa shape index (κ2) is 3.85. The Balaban J connectivity index is 2.14. The third-order valence-corrected chi connectivity index (χ3v) is 2.35. The number of nitrogens with zero attached hydrogens (tertiary/aromatic N) is 1. The summed E-state index contributed by atoms with van der Waals surface area (Å²) in [6.07, 6.45) is 0.717. The lowest BCUT2D eigenvalue weighted by Crippen LogP contribution is -2.25. The van der Waals surface area contributed by atoms with Crippen LogP contribution in [0.2, 0.25) is 0 Å². The molecule has 3 nitrogen and oxygen atoms in total. The Morgan fingerprint density at radius 1 is 1.27 bits per heavy atom. The molecule has 15 heavy (non-hydrogen) atoms. The van der Waals surface area contributed by atoms with Crippen LogP contribution in [0.5, 0.6) is 0 Å². The molecule has 1 amide bonds. The van der Waals surface area contributed by atoms with Gasteiger partial charge in [-0.1, -0.05) is 29.3 Å². The van der Waals surface area contributed by atoms with Gasteiger partial charge in [0.05, 0.1) is 0 Å². The van der Waals surface area contributed by atoms with E-state index in [2.05, 4.69) is 42.4 Å². The minimum absolute atomic E-state index is 0.00521. The zero-order valence-electron chi connectivity index (χ0n) is 9.00. The van der Waals surface area contributed by atoms with Crippen molar-refractivity contribution in [3.63, 3.8) is 0 Å². The lowest BCUT2D eigenvalue weighted by Gasteiger charge is -2.04. The van der Waals surface area contributed by atoms with Crippen molar-refractivity contribution in [2.45, 2.75) is 20.3 Å². The number of carbonyl (C=O) groups excluding carboxylic acids is 1. The molecule has 78 valence electrons. The number of rotatable bonds is 2. The Kier molecular flexibility index (Phi) is 2.54. The van der Waals surface area contributed by atoms with E-state index in [1.165, 1.54) is 16.7 Å². The van der Waals surface area contributed by atoms with Crippen molar-refractivity contribution in [2.75, 3.05) is 6.54 Å². The number of hydrogen-bond acceptors (Lipinski definition) is 2. The Morgan fingerprint density at radius 2 is 1.93 bits per heavy atom. The highest BCUT2D eigenvalue weighted by Crippen LogP contribution is 2.10.